The van der Waals surface area contributed by atoms with Crippen molar-refractivity contribution in [2.24, 2.45) is 0 Å². The summed E-state index contributed by atoms with van der Waals surface area (Å²) in [5.74, 6) is 1.36. The Bertz CT molecular complexity index is 770. The molecule has 2 aromatic carbocycles. The third-order valence-corrected chi connectivity index (χ3v) is 4.96. The van der Waals surface area contributed by atoms with Crippen LogP contribution < -0.4 is 9.47 Å². The van der Waals surface area contributed by atoms with E-state index in [0.717, 1.165) is 25.7 Å². The zero-order valence-electron chi connectivity index (χ0n) is 15.1. The number of rotatable bonds is 6. The van der Waals surface area contributed by atoms with Gasteiger partial charge in [-0.15, -0.1) is 0 Å². The number of halogens is 2. The van der Waals surface area contributed by atoms with Crippen LogP contribution in [0.3, 0.4) is 0 Å². The molecule has 0 saturated heterocycles. The van der Waals surface area contributed by atoms with Gasteiger partial charge in [0.2, 0.25) is 0 Å². The molecule has 1 aliphatic rings. The van der Waals surface area contributed by atoms with Crippen LogP contribution >= 0.6 is 23.2 Å². The lowest BCUT2D eigenvalue weighted by Gasteiger charge is -2.23. The van der Waals surface area contributed by atoms with Crippen LogP contribution in [0.15, 0.2) is 42.5 Å². The molecule has 3 rings (SSSR count). The topological polar surface area (TPSA) is 44.8 Å². The van der Waals surface area contributed by atoms with Crippen molar-refractivity contribution in [3.63, 3.8) is 0 Å². The van der Waals surface area contributed by atoms with Crippen LogP contribution in [0.2, 0.25) is 10.0 Å². The van der Waals surface area contributed by atoms with E-state index < -0.39 is 6.10 Å². The zero-order chi connectivity index (χ0) is 19.2. The second kappa shape index (κ2) is 9.34. The largest absolute Gasteiger partial charge is 0.479 e. The maximum absolute atomic E-state index is 12.2. The Morgan fingerprint density at radius 1 is 1.00 bits per heavy atom. The number of benzene rings is 2. The van der Waals surface area contributed by atoms with Gasteiger partial charge in [0.25, 0.3) is 0 Å². The van der Waals surface area contributed by atoms with E-state index in [1.165, 1.54) is 6.42 Å². The summed E-state index contributed by atoms with van der Waals surface area (Å²) < 4.78 is 17.0. The molecule has 0 aliphatic heterocycles. The van der Waals surface area contributed by atoms with E-state index in [9.17, 15) is 4.79 Å². The van der Waals surface area contributed by atoms with Crippen molar-refractivity contribution in [3.05, 3.63) is 52.5 Å². The third kappa shape index (κ3) is 5.78. The molecule has 1 saturated carbocycles. The number of carbonyl (C=O) groups is 1. The number of hydrogen-bond acceptors (Lipinski definition) is 4. The van der Waals surface area contributed by atoms with Gasteiger partial charge in [-0.3, -0.25) is 0 Å². The Morgan fingerprint density at radius 2 is 1.67 bits per heavy atom. The third-order valence-electron chi connectivity index (χ3n) is 4.43. The minimum absolute atomic E-state index is 0.0252. The first-order valence-corrected chi connectivity index (χ1v) is 9.87. The lowest BCUT2D eigenvalue weighted by molar-refractivity contribution is -0.158. The number of esters is 1. The van der Waals surface area contributed by atoms with Gasteiger partial charge in [-0.25, -0.2) is 4.79 Å². The van der Waals surface area contributed by atoms with E-state index in [4.69, 9.17) is 37.4 Å². The molecule has 2 aromatic rings. The molecule has 0 radical (unpaired) electrons. The van der Waals surface area contributed by atoms with Crippen molar-refractivity contribution in [2.75, 3.05) is 0 Å². The maximum Gasteiger partial charge on any atom is 0.347 e. The average Bonchev–Trinajstić information content (AvgIpc) is 2.66. The fourth-order valence-electron chi connectivity index (χ4n) is 2.97. The summed E-state index contributed by atoms with van der Waals surface area (Å²) >= 11 is 12.0. The molecule has 0 heterocycles. The van der Waals surface area contributed by atoms with Crippen molar-refractivity contribution < 1.29 is 19.0 Å². The van der Waals surface area contributed by atoms with Crippen LogP contribution in [0.25, 0.3) is 0 Å². The van der Waals surface area contributed by atoms with Crippen LogP contribution in [-0.2, 0) is 9.53 Å². The molecule has 27 heavy (non-hydrogen) atoms. The van der Waals surface area contributed by atoms with Crippen LogP contribution in [0, 0.1) is 0 Å². The first kappa shape index (κ1) is 19.8. The quantitative estimate of drug-likeness (QED) is 0.516. The fourth-order valence-corrected chi connectivity index (χ4v) is 3.41. The fraction of sp³-hybridized carbons (Fsp3) is 0.381. The molecule has 1 unspecified atom stereocenters. The van der Waals surface area contributed by atoms with Crippen molar-refractivity contribution in [1.29, 1.82) is 0 Å². The van der Waals surface area contributed by atoms with E-state index in [0.29, 0.717) is 27.3 Å². The number of ether oxygens (including phenoxy) is 3. The van der Waals surface area contributed by atoms with E-state index in [2.05, 4.69) is 0 Å². The van der Waals surface area contributed by atoms with Gasteiger partial charge in [0.05, 0.1) is 5.02 Å². The van der Waals surface area contributed by atoms with Gasteiger partial charge in [-0.05, 0) is 75.1 Å². The van der Waals surface area contributed by atoms with Gasteiger partial charge in [0, 0.05) is 5.02 Å². The van der Waals surface area contributed by atoms with E-state index in [1.54, 1.807) is 49.4 Å². The Kier molecular flexibility index (Phi) is 6.86. The van der Waals surface area contributed by atoms with Gasteiger partial charge in [0.1, 0.15) is 23.4 Å². The van der Waals surface area contributed by atoms with Crippen molar-refractivity contribution in [3.8, 4) is 17.2 Å². The molecule has 0 bridgehead atoms. The molecule has 6 heteroatoms. The average molecular weight is 409 g/mol. The molecule has 144 valence electrons. The molecular weight excluding hydrogens is 387 g/mol. The molecule has 0 N–H and O–H groups in total. The molecule has 1 fully saturated rings. The summed E-state index contributed by atoms with van der Waals surface area (Å²) in [6.45, 7) is 1.70. The minimum Gasteiger partial charge on any atom is -0.479 e. The standard InChI is InChI=1S/C21H22Cl2O4/c1-14(21(24)27-16-5-3-2-4-6-16)25-17-8-10-18(11-9-17)26-20-12-7-15(22)13-19(20)23/h7-14,16H,2-6H2,1H3. The Labute approximate surface area is 169 Å². The van der Waals surface area contributed by atoms with Crippen molar-refractivity contribution in [2.45, 2.75) is 51.2 Å². The van der Waals surface area contributed by atoms with Gasteiger partial charge >= 0.3 is 5.97 Å². The molecule has 4 nitrogen and oxygen atoms in total. The highest BCUT2D eigenvalue weighted by Gasteiger charge is 2.22. The number of carbonyl (C=O) groups excluding carboxylic acids is 1. The summed E-state index contributed by atoms with van der Waals surface area (Å²) in [4.78, 5) is 12.2. The van der Waals surface area contributed by atoms with Crippen LogP contribution in [0.4, 0.5) is 0 Å². The monoisotopic (exact) mass is 408 g/mol. The smallest absolute Gasteiger partial charge is 0.347 e. The molecule has 1 atom stereocenters. The van der Waals surface area contributed by atoms with Crippen molar-refractivity contribution in [1.82, 2.24) is 0 Å². The van der Waals surface area contributed by atoms with E-state index in [1.807, 2.05) is 0 Å². The highest BCUT2D eigenvalue weighted by molar-refractivity contribution is 6.35. The lowest BCUT2D eigenvalue weighted by Crippen LogP contribution is -2.31. The van der Waals surface area contributed by atoms with Crippen LogP contribution in [-0.4, -0.2) is 18.2 Å². The van der Waals surface area contributed by atoms with Gasteiger partial charge in [-0.2, -0.15) is 0 Å². The van der Waals surface area contributed by atoms with E-state index in [-0.39, 0.29) is 12.1 Å². The van der Waals surface area contributed by atoms with E-state index >= 15 is 0 Å². The Morgan fingerprint density at radius 3 is 2.33 bits per heavy atom. The summed E-state index contributed by atoms with van der Waals surface area (Å²) in [6.07, 6.45) is 4.70. The van der Waals surface area contributed by atoms with Crippen LogP contribution in [0.5, 0.6) is 17.2 Å². The summed E-state index contributed by atoms with van der Waals surface area (Å²) in [5, 5.41) is 0.979. The van der Waals surface area contributed by atoms with Gasteiger partial charge in [0.15, 0.2) is 6.10 Å². The second-order valence-electron chi connectivity index (χ2n) is 6.61. The van der Waals surface area contributed by atoms with Crippen molar-refractivity contribution >= 4 is 29.2 Å². The predicted octanol–water partition coefficient (Wildman–Crippen LogP) is 6.43. The molecule has 0 amide bonds. The Hall–Kier alpha value is -1.91. The zero-order valence-corrected chi connectivity index (χ0v) is 16.6. The highest BCUT2D eigenvalue weighted by Crippen LogP contribution is 2.32. The highest BCUT2D eigenvalue weighted by atomic mass is 35.5. The van der Waals surface area contributed by atoms with Crippen LogP contribution in [0.1, 0.15) is 39.0 Å². The number of hydrogen-bond donors (Lipinski definition) is 0. The minimum atomic E-state index is -0.663. The lowest BCUT2D eigenvalue weighted by atomic mass is 9.98. The van der Waals surface area contributed by atoms with Gasteiger partial charge < -0.3 is 14.2 Å². The Balaban J connectivity index is 1.54. The molecule has 1 aliphatic carbocycles. The first-order chi connectivity index (χ1) is 13.0. The first-order valence-electron chi connectivity index (χ1n) is 9.11. The summed E-state index contributed by atoms with van der Waals surface area (Å²) in [6, 6.07) is 12.0. The predicted molar refractivity (Wildman–Crippen MR) is 106 cm³/mol. The molecule has 0 aromatic heterocycles. The SMILES string of the molecule is CC(Oc1ccc(Oc2ccc(Cl)cc2Cl)cc1)C(=O)OC1CCCCC1. The summed E-state index contributed by atoms with van der Waals surface area (Å²) in [5.41, 5.74) is 0. The second-order valence-corrected chi connectivity index (χ2v) is 7.45. The maximum atomic E-state index is 12.2. The molecular formula is C21H22Cl2O4. The van der Waals surface area contributed by atoms with Gasteiger partial charge in [-0.1, -0.05) is 29.6 Å². The normalized spacial score (nSPS) is 15.8. The summed E-state index contributed by atoms with van der Waals surface area (Å²) in [7, 11) is 0. The molecule has 0 spiro atoms.